The van der Waals surface area contributed by atoms with Gasteiger partial charge in [0.2, 0.25) is 0 Å². The number of rotatable bonds is 4. The van der Waals surface area contributed by atoms with Crippen LogP contribution in [0.25, 0.3) is 0 Å². The summed E-state index contributed by atoms with van der Waals surface area (Å²) in [5.41, 5.74) is 2.75. The zero-order valence-electron chi connectivity index (χ0n) is 11.1. The summed E-state index contributed by atoms with van der Waals surface area (Å²) in [6.07, 6.45) is 4.07. The summed E-state index contributed by atoms with van der Waals surface area (Å²) >= 11 is 0. The number of nitrogens with zero attached hydrogens (tertiary/aromatic N) is 1. The molecule has 1 unspecified atom stereocenters. The average Bonchev–Trinajstić information content (AvgIpc) is 2.40. The van der Waals surface area contributed by atoms with Gasteiger partial charge in [0.1, 0.15) is 0 Å². The molecule has 1 saturated heterocycles. The molecule has 94 valence electrons. The predicted octanol–water partition coefficient (Wildman–Crippen LogP) is 3.03. The summed E-state index contributed by atoms with van der Waals surface area (Å²) in [4.78, 5) is 2.54. The molecule has 1 aliphatic heterocycles. The van der Waals surface area contributed by atoms with Gasteiger partial charge in [-0.1, -0.05) is 25.5 Å². The van der Waals surface area contributed by atoms with Crippen LogP contribution in [0.15, 0.2) is 24.3 Å². The first-order valence-electron chi connectivity index (χ1n) is 6.82. The Balaban J connectivity index is 2.01. The molecule has 0 aromatic heterocycles. The lowest BCUT2D eigenvalue weighted by atomic mass is 9.95. The minimum absolute atomic E-state index is 0.890. The van der Waals surface area contributed by atoms with Gasteiger partial charge in [-0.05, 0) is 43.5 Å². The van der Waals surface area contributed by atoms with Gasteiger partial charge >= 0.3 is 0 Å². The molecule has 0 bridgehead atoms. The lowest BCUT2D eigenvalue weighted by Crippen LogP contribution is -2.35. The van der Waals surface area contributed by atoms with Crippen molar-refractivity contribution < 1.29 is 0 Å². The van der Waals surface area contributed by atoms with Crippen molar-refractivity contribution in [3.63, 3.8) is 0 Å². The Bertz CT molecular complexity index is 331. The number of benzene rings is 1. The molecule has 1 atom stereocenters. The number of hydrogen-bond donors (Lipinski definition) is 1. The third-order valence-electron chi connectivity index (χ3n) is 3.78. The van der Waals surface area contributed by atoms with Crippen LogP contribution in [0.1, 0.15) is 31.7 Å². The second-order valence-corrected chi connectivity index (χ2v) is 5.06. The molecule has 1 fully saturated rings. The van der Waals surface area contributed by atoms with E-state index in [-0.39, 0.29) is 0 Å². The fraction of sp³-hybridized carbons (Fsp3) is 0.600. The summed E-state index contributed by atoms with van der Waals surface area (Å²) in [5.74, 6) is 0.890. The van der Waals surface area contributed by atoms with E-state index < -0.39 is 0 Å². The second-order valence-electron chi connectivity index (χ2n) is 5.06. The minimum Gasteiger partial charge on any atom is -0.371 e. The van der Waals surface area contributed by atoms with Gasteiger partial charge in [-0.15, -0.1) is 0 Å². The fourth-order valence-electron chi connectivity index (χ4n) is 2.66. The molecule has 0 saturated carbocycles. The summed E-state index contributed by atoms with van der Waals surface area (Å²) < 4.78 is 0. The third-order valence-corrected chi connectivity index (χ3v) is 3.78. The van der Waals surface area contributed by atoms with E-state index >= 15 is 0 Å². The summed E-state index contributed by atoms with van der Waals surface area (Å²) in [7, 11) is 1.99. The van der Waals surface area contributed by atoms with Crippen LogP contribution in [0, 0.1) is 5.92 Å². The highest BCUT2D eigenvalue weighted by molar-refractivity contribution is 5.48. The largest absolute Gasteiger partial charge is 0.371 e. The summed E-state index contributed by atoms with van der Waals surface area (Å²) in [5, 5.41) is 3.19. The van der Waals surface area contributed by atoms with Gasteiger partial charge in [-0.25, -0.2) is 0 Å². The van der Waals surface area contributed by atoms with E-state index in [1.807, 2.05) is 7.05 Å². The number of anilines is 1. The Morgan fingerprint density at radius 1 is 1.29 bits per heavy atom. The predicted molar refractivity (Wildman–Crippen MR) is 74.4 cm³/mol. The zero-order chi connectivity index (χ0) is 12.1. The Labute approximate surface area is 105 Å². The topological polar surface area (TPSA) is 15.3 Å². The van der Waals surface area contributed by atoms with E-state index in [0.717, 1.165) is 12.5 Å². The Morgan fingerprint density at radius 2 is 2.06 bits per heavy atom. The fourth-order valence-corrected chi connectivity index (χ4v) is 2.66. The van der Waals surface area contributed by atoms with Gasteiger partial charge < -0.3 is 10.2 Å². The number of hydrogen-bond acceptors (Lipinski definition) is 2. The summed E-state index contributed by atoms with van der Waals surface area (Å²) in [6, 6.07) is 9.01. The van der Waals surface area contributed by atoms with Crippen molar-refractivity contribution >= 4 is 5.69 Å². The van der Waals surface area contributed by atoms with Gasteiger partial charge in [0.25, 0.3) is 0 Å². The molecule has 0 aliphatic carbocycles. The highest BCUT2D eigenvalue weighted by atomic mass is 15.1. The number of nitrogens with one attached hydrogen (secondary N) is 1. The molecule has 1 aliphatic rings. The van der Waals surface area contributed by atoms with Crippen LogP contribution in [0.3, 0.4) is 0 Å². The van der Waals surface area contributed by atoms with Gasteiger partial charge in [0.05, 0.1) is 0 Å². The molecule has 0 radical (unpaired) electrons. The van der Waals surface area contributed by atoms with Crippen molar-refractivity contribution in [2.24, 2.45) is 5.92 Å². The van der Waals surface area contributed by atoms with Crippen molar-refractivity contribution in [3.8, 4) is 0 Å². The van der Waals surface area contributed by atoms with Crippen LogP contribution in [0.2, 0.25) is 0 Å². The van der Waals surface area contributed by atoms with Crippen LogP contribution in [0.4, 0.5) is 5.69 Å². The summed E-state index contributed by atoms with van der Waals surface area (Å²) in [6.45, 7) is 5.73. The van der Waals surface area contributed by atoms with E-state index in [2.05, 4.69) is 41.4 Å². The van der Waals surface area contributed by atoms with Crippen LogP contribution in [-0.4, -0.2) is 20.1 Å². The zero-order valence-corrected chi connectivity index (χ0v) is 11.1. The first-order chi connectivity index (χ1) is 8.33. The molecule has 17 heavy (non-hydrogen) atoms. The molecule has 1 aromatic rings. The number of piperidine rings is 1. The van der Waals surface area contributed by atoms with Crippen molar-refractivity contribution in [1.29, 1.82) is 0 Å². The van der Waals surface area contributed by atoms with Gasteiger partial charge in [-0.3, -0.25) is 0 Å². The SMILES string of the molecule is CCC1CCCN(c2ccc(CNC)cc2)C1. The van der Waals surface area contributed by atoms with Crippen molar-refractivity contribution in [3.05, 3.63) is 29.8 Å². The second kappa shape index (κ2) is 6.06. The van der Waals surface area contributed by atoms with Crippen LogP contribution in [0.5, 0.6) is 0 Å². The lowest BCUT2D eigenvalue weighted by molar-refractivity contribution is 0.405. The molecule has 0 amide bonds. The minimum atomic E-state index is 0.890. The van der Waals surface area contributed by atoms with E-state index in [9.17, 15) is 0 Å². The van der Waals surface area contributed by atoms with E-state index in [1.165, 1.54) is 43.6 Å². The molecule has 2 heteroatoms. The molecule has 0 spiro atoms. The smallest absolute Gasteiger partial charge is 0.0366 e. The van der Waals surface area contributed by atoms with Crippen LogP contribution >= 0.6 is 0 Å². The monoisotopic (exact) mass is 232 g/mol. The Kier molecular flexibility index (Phi) is 4.43. The highest BCUT2D eigenvalue weighted by Gasteiger charge is 2.18. The molecule has 2 rings (SSSR count). The lowest BCUT2D eigenvalue weighted by Gasteiger charge is -2.34. The van der Waals surface area contributed by atoms with Crippen molar-refractivity contribution in [2.45, 2.75) is 32.7 Å². The van der Waals surface area contributed by atoms with E-state index in [0.29, 0.717) is 0 Å². The molecular weight excluding hydrogens is 208 g/mol. The normalized spacial score (nSPS) is 20.6. The first-order valence-corrected chi connectivity index (χ1v) is 6.82. The van der Waals surface area contributed by atoms with Crippen molar-refractivity contribution in [1.82, 2.24) is 5.32 Å². The maximum Gasteiger partial charge on any atom is 0.0366 e. The third kappa shape index (κ3) is 3.22. The quantitative estimate of drug-likeness (QED) is 0.858. The molecule has 1 heterocycles. The molecule has 1 N–H and O–H groups in total. The standard InChI is InChI=1S/C15H24N2/c1-3-13-5-4-10-17(12-13)15-8-6-14(7-9-15)11-16-2/h6-9,13,16H,3-5,10-12H2,1-2H3. The van der Waals surface area contributed by atoms with E-state index in [1.54, 1.807) is 0 Å². The van der Waals surface area contributed by atoms with Gasteiger partial charge in [0, 0.05) is 25.3 Å². The Morgan fingerprint density at radius 3 is 2.71 bits per heavy atom. The molecular formula is C15H24N2. The molecule has 2 nitrogen and oxygen atoms in total. The van der Waals surface area contributed by atoms with Gasteiger partial charge in [-0.2, -0.15) is 0 Å². The van der Waals surface area contributed by atoms with Crippen LogP contribution < -0.4 is 10.2 Å². The van der Waals surface area contributed by atoms with E-state index in [4.69, 9.17) is 0 Å². The Hall–Kier alpha value is -1.02. The maximum atomic E-state index is 3.19. The maximum absolute atomic E-state index is 3.19. The first kappa shape index (κ1) is 12.4. The highest BCUT2D eigenvalue weighted by Crippen LogP contribution is 2.24. The van der Waals surface area contributed by atoms with Crippen LogP contribution in [-0.2, 0) is 6.54 Å². The van der Waals surface area contributed by atoms with Crippen molar-refractivity contribution in [2.75, 3.05) is 25.0 Å². The molecule has 1 aromatic carbocycles. The average molecular weight is 232 g/mol. The van der Waals surface area contributed by atoms with Gasteiger partial charge in [0.15, 0.2) is 0 Å².